The van der Waals surface area contributed by atoms with E-state index >= 15 is 0 Å². The normalized spacial score (nSPS) is 10.3. The Morgan fingerprint density at radius 3 is 1.29 bits per heavy atom. The number of urea groups is 2. The van der Waals surface area contributed by atoms with Crippen molar-refractivity contribution in [1.29, 1.82) is 10.8 Å². The number of carbonyl (C=O) groups excluding carboxylic acids is 2. The number of nitrogens with one attached hydrogen (secondary N) is 4. The van der Waals surface area contributed by atoms with Gasteiger partial charge < -0.3 is 22.1 Å². The molecule has 182 valence electrons. The number of halogens is 2. The van der Waals surface area contributed by atoms with Crippen LogP contribution in [-0.4, -0.2) is 46.9 Å². The van der Waals surface area contributed by atoms with E-state index in [-0.39, 0.29) is 25.0 Å². The number of guanidine groups is 2. The summed E-state index contributed by atoms with van der Waals surface area (Å²) in [4.78, 5) is 27.3. The van der Waals surface area contributed by atoms with Crippen molar-refractivity contribution >= 4 is 67.2 Å². The zero-order chi connectivity index (χ0) is 25.1. The van der Waals surface area contributed by atoms with E-state index in [4.69, 9.17) is 22.3 Å². The molecule has 2 rings (SSSR count). The highest BCUT2D eigenvalue weighted by atomic mass is 79.9. The Morgan fingerprint density at radius 1 is 0.676 bits per heavy atom. The van der Waals surface area contributed by atoms with Crippen LogP contribution in [0.5, 0.6) is 0 Å². The molecule has 4 amide bonds. The number of rotatable bonds is 9. The number of benzene rings is 2. The topological polar surface area (TPSA) is 164 Å². The number of unbranched alkanes of at least 4 members (excludes halogenated alkanes) is 3. The molecule has 0 unspecified atom stereocenters. The van der Waals surface area contributed by atoms with Gasteiger partial charge in [0.05, 0.1) is 0 Å². The SMILES string of the molecule is N=C(N)N(CCCCCCN(C(=N)N)C(=O)Nc1ccc(Br)cc1)C(=O)Nc1ccc(Br)cc1. The molecule has 0 saturated heterocycles. The molecule has 0 fully saturated rings. The van der Waals surface area contributed by atoms with Crippen LogP contribution in [0.4, 0.5) is 21.0 Å². The van der Waals surface area contributed by atoms with Crippen LogP contribution in [0.15, 0.2) is 57.5 Å². The third-order valence-electron chi connectivity index (χ3n) is 4.78. The number of nitrogens with zero attached hydrogens (tertiary/aromatic N) is 2. The van der Waals surface area contributed by atoms with Gasteiger partial charge in [0.2, 0.25) is 0 Å². The number of nitrogens with two attached hydrogens (primary N) is 2. The monoisotopic (exact) mass is 594 g/mol. The van der Waals surface area contributed by atoms with Crippen LogP contribution in [-0.2, 0) is 0 Å². The van der Waals surface area contributed by atoms with Gasteiger partial charge >= 0.3 is 12.1 Å². The van der Waals surface area contributed by atoms with Gasteiger partial charge in [0.15, 0.2) is 11.9 Å². The van der Waals surface area contributed by atoms with Crippen LogP contribution in [0.2, 0.25) is 0 Å². The predicted octanol–water partition coefficient (Wildman–Crippen LogP) is 4.93. The van der Waals surface area contributed by atoms with E-state index in [0.717, 1.165) is 21.8 Å². The Hall–Kier alpha value is -3.12. The molecule has 12 heteroatoms. The van der Waals surface area contributed by atoms with E-state index in [1.807, 2.05) is 0 Å². The van der Waals surface area contributed by atoms with E-state index in [2.05, 4.69) is 42.5 Å². The number of hydrogen-bond acceptors (Lipinski definition) is 4. The fourth-order valence-electron chi connectivity index (χ4n) is 3.00. The number of hydrogen-bond donors (Lipinski definition) is 6. The first-order valence-corrected chi connectivity index (χ1v) is 12.1. The standard InChI is InChI=1S/C22H28Br2N8O2/c23-15-5-9-17(10-6-15)29-21(33)31(19(25)26)13-3-1-2-4-14-32(20(27)28)22(34)30-18-11-7-16(24)8-12-18/h5-12H,1-4,13-14H2,(H3,25,26)(H3,27,28)(H,29,33)(H,30,34). The summed E-state index contributed by atoms with van der Waals surface area (Å²) in [5.41, 5.74) is 12.4. The Bertz CT molecular complexity index is 917. The summed E-state index contributed by atoms with van der Waals surface area (Å²) in [6.07, 6.45) is 2.74. The van der Waals surface area contributed by atoms with Crippen LogP contribution in [0.1, 0.15) is 25.7 Å². The summed E-state index contributed by atoms with van der Waals surface area (Å²) in [5, 5.41) is 20.8. The fourth-order valence-corrected chi connectivity index (χ4v) is 3.53. The lowest BCUT2D eigenvalue weighted by Crippen LogP contribution is -2.44. The molecular formula is C22H28Br2N8O2. The Labute approximate surface area is 215 Å². The van der Waals surface area contributed by atoms with Crippen LogP contribution < -0.4 is 22.1 Å². The van der Waals surface area contributed by atoms with Gasteiger partial charge in [-0.3, -0.25) is 20.6 Å². The van der Waals surface area contributed by atoms with Gasteiger partial charge in [0, 0.05) is 33.4 Å². The Kier molecular flexibility index (Phi) is 10.8. The predicted molar refractivity (Wildman–Crippen MR) is 142 cm³/mol. The van der Waals surface area contributed by atoms with Crippen LogP contribution >= 0.6 is 31.9 Å². The van der Waals surface area contributed by atoms with Crippen molar-refractivity contribution < 1.29 is 9.59 Å². The van der Waals surface area contributed by atoms with Gasteiger partial charge in [0.25, 0.3) is 0 Å². The van der Waals surface area contributed by atoms with Crippen molar-refractivity contribution in [2.75, 3.05) is 23.7 Å². The summed E-state index contributed by atoms with van der Waals surface area (Å²) < 4.78 is 1.78. The molecule has 10 nitrogen and oxygen atoms in total. The third-order valence-corrected chi connectivity index (χ3v) is 5.83. The van der Waals surface area contributed by atoms with E-state index in [0.29, 0.717) is 24.2 Å². The molecule has 2 aromatic carbocycles. The minimum atomic E-state index is -0.470. The molecule has 0 radical (unpaired) electrons. The Morgan fingerprint density at radius 2 is 1.00 bits per heavy atom. The highest BCUT2D eigenvalue weighted by molar-refractivity contribution is 9.10. The molecule has 2 aromatic rings. The molecule has 0 bridgehead atoms. The third kappa shape index (κ3) is 9.02. The second-order valence-electron chi connectivity index (χ2n) is 7.36. The molecule has 0 saturated carbocycles. The van der Waals surface area contributed by atoms with E-state index in [9.17, 15) is 9.59 Å². The molecule has 0 aliphatic rings. The van der Waals surface area contributed by atoms with Crippen molar-refractivity contribution in [2.45, 2.75) is 25.7 Å². The van der Waals surface area contributed by atoms with Crippen molar-refractivity contribution in [3.8, 4) is 0 Å². The van der Waals surface area contributed by atoms with E-state index in [1.165, 1.54) is 9.80 Å². The minimum Gasteiger partial charge on any atom is -0.370 e. The fraction of sp³-hybridized carbons (Fsp3) is 0.273. The summed E-state index contributed by atoms with van der Waals surface area (Å²) in [6.45, 7) is 0.580. The van der Waals surface area contributed by atoms with Gasteiger partial charge in [0.1, 0.15) is 0 Å². The van der Waals surface area contributed by atoms with Crippen molar-refractivity contribution in [3.63, 3.8) is 0 Å². The van der Waals surface area contributed by atoms with Gasteiger partial charge in [-0.25, -0.2) is 9.59 Å². The van der Waals surface area contributed by atoms with Gasteiger partial charge in [-0.2, -0.15) is 0 Å². The lowest BCUT2D eigenvalue weighted by molar-refractivity contribution is 0.230. The Balaban J connectivity index is 1.75. The van der Waals surface area contributed by atoms with Gasteiger partial charge in [-0.15, -0.1) is 0 Å². The van der Waals surface area contributed by atoms with Crippen LogP contribution in [0, 0.1) is 10.8 Å². The number of anilines is 2. The second kappa shape index (κ2) is 13.6. The summed E-state index contributed by atoms with van der Waals surface area (Å²) >= 11 is 6.68. The summed E-state index contributed by atoms with van der Waals surface area (Å²) in [5.74, 6) is -0.663. The van der Waals surface area contributed by atoms with Gasteiger partial charge in [-0.1, -0.05) is 44.7 Å². The van der Waals surface area contributed by atoms with Crippen LogP contribution in [0.3, 0.4) is 0 Å². The average molecular weight is 596 g/mol. The molecule has 0 aliphatic carbocycles. The van der Waals surface area contributed by atoms with Crippen molar-refractivity contribution in [3.05, 3.63) is 57.5 Å². The molecule has 0 atom stereocenters. The lowest BCUT2D eigenvalue weighted by atomic mass is 10.2. The first kappa shape index (κ1) is 27.1. The molecular weight excluding hydrogens is 568 g/mol. The highest BCUT2D eigenvalue weighted by Gasteiger charge is 2.18. The lowest BCUT2D eigenvalue weighted by Gasteiger charge is -2.22. The molecule has 0 spiro atoms. The minimum absolute atomic E-state index is 0.290. The van der Waals surface area contributed by atoms with Crippen molar-refractivity contribution in [1.82, 2.24) is 9.80 Å². The number of carbonyl (C=O) groups is 2. The van der Waals surface area contributed by atoms with Crippen LogP contribution in [0.25, 0.3) is 0 Å². The molecule has 0 aliphatic heterocycles. The zero-order valence-electron chi connectivity index (χ0n) is 18.5. The van der Waals surface area contributed by atoms with E-state index in [1.54, 1.807) is 48.5 Å². The quantitative estimate of drug-likeness (QED) is 0.138. The molecule has 0 heterocycles. The smallest absolute Gasteiger partial charge is 0.328 e. The van der Waals surface area contributed by atoms with Crippen molar-refractivity contribution in [2.24, 2.45) is 11.5 Å². The maximum Gasteiger partial charge on any atom is 0.328 e. The van der Waals surface area contributed by atoms with Gasteiger partial charge in [-0.05, 0) is 61.4 Å². The maximum absolute atomic E-state index is 12.5. The zero-order valence-corrected chi connectivity index (χ0v) is 21.7. The first-order valence-electron chi connectivity index (χ1n) is 10.5. The first-order chi connectivity index (χ1) is 16.2. The average Bonchev–Trinajstić information content (AvgIpc) is 2.78. The largest absolute Gasteiger partial charge is 0.370 e. The summed E-state index contributed by atoms with van der Waals surface area (Å²) in [7, 11) is 0. The summed E-state index contributed by atoms with van der Waals surface area (Å²) in [6, 6.07) is 13.2. The number of amides is 4. The maximum atomic E-state index is 12.5. The second-order valence-corrected chi connectivity index (χ2v) is 9.19. The molecule has 8 N–H and O–H groups in total. The highest BCUT2D eigenvalue weighted by Crippen LogP contribution is 2.16. The molecule has 0 aromatic heterocycles. The van der Waals surface area contributed by atoms with E-state index < -0.39 is 12.1 Å². The molecule has 34 heavy (non-hydrogen) atoms.